The van der Waals surface area contributed by atoms with Crippen LogP contribution in [0.3, 0.4) is 0 Å². The second-order valence-electron chi connectivity index (χ2n) is 6.57. The average Bonchev–Trinajstić information content (AvgIpc) is 3.14. The first-order valence-corrected chi connectivity index (χ1v) is 10.9. The molecule has 0 bridgehead atoms. The van der Waals surface area contributed by atoms with Crippen LogP contribution in [-0.4, -0.2) is 54.2 Å². The molecule has 0 saturated carbocycles. The molecule has 0 fully saturated rings. The van der Waals surface area contributed by atoms with Gasteiger partial charge in [-0.05, 0) is 26.0 Å². The molecule has 1 amide bonds. The highest BCUT2D eigenvalue weighted by atomic mass is 32.3. The maximum atomic E-state index is 12.3. The van der Waals surface area contributed by atoms with Gasteiger partial charge in [-0.3, -0.25) is 13.9 Å². The maximum absolute atomic E-state index is 12.3. The van der Waals surface area contributed by atoms with Gasteiger partial charge in [0.05, 0.1) is 11.4 Å². The number of amides is 1. The number of hydrogen-bond donors (Lipinski definition) is 4. The van der Waals surface area contributed by atoms with Gasteiger partial charge in [0.15, 0.2) is 0 Å². The molecule has 164 valence electrons. The van der Waals surface area contributed by atoms with E-state index in [0.29, 0.717) is 5.01 Å². The van der Waals surface area contributed by atoms with E-state index in [2.05, 4.69) is 25.0 Å². The number of aromatic nitrogens is 2. The van der Waals surface area contributed by atoms with Gasteiger partial charge >= 0.3 is 6.61 Å². The number of hydrogen-bond acceptors (Lipinski definition) is 10. The molecule has 2 aromatic heterocycles. The third kappa shape index (κ3) is 4.03. The molecule has 0 aromatic carbocycles. The predicted octanol–water partition coefficient (Wildman–Crippen LogP) is 2.92. The Balaban J connectivity index is 1.79. The number of nitrogens with two attached hydrogens (primary N) is 1. The van der Waals surface area contributed by atoms with Crippen molar-refractivity contribution in [2.75, 3.05) is 12.4 Å². The number of carbonyl (C=O) groups is 1. The van der Waals surface area contributed by atoms with Crippen molar-refractivity contribution in [3.05, 3.63) is 34.4 Å². The summed E-state index contributed by atoms with van der Waals surface area (Å²) in [7, 11) is -1.79. The fourth-order valence-corrected chi connectivity index (χ4v) is 5.33. The van der Waals surface area contributed by atoms with E-state index in [-0.39, 0.29) is 23.2 Å². The molecular formula is C16H20F2N6O4S2. The van der Waals surface area contributed by atoms with Crippen LogP contribution in [0.1, 0.15) is 29.3 Å². The van der Waals surface area contributed by atoms with E-state index in [1.165, 1.54) is 30.5 Å². The van der Waals surface area contributed by atoms with Crippen molar-refractivity contribution in [2.45, 2.75) is 31.2 Å². The molecule has 0 spiro atoms. The lowest BCUT2D eigenvalue weighted by Gasteiger charge is -2.53. The van der Waals surface area contributed by atoms with Crippen LogP contribution >= 0.6 is 22.1 Å². The summed E-state index contributed by atoms with van der Waals surface area (Å²) in [6.07, 6.45) is 1.01. The van der Waals surface area contributed by atoms with Gasteiger partial charge in [0.25, 0.3) is 5.91 Å². The molecular weight excluding hydrogens is 442 g/mol. The predicted molar refractivity (Wildman–Crippen MR) is 110 cm³/mol. The van der Waals surface area contributed by atoms with Crippen molar-refractivity contribution < 1.29 is 27.4 Å². The first kappa shape index (κ1) is 22.1. The smallest absolute Gasteiger partial charge is 0.387 e. The lowest BCUT2D eigenvalue weighted by Crippen LogP contribution is -2.52. The molecule has 2 atom stereocenters. The molecule has 3 rings (SSSR count). The van der Waals surface area contributed by atoms with Gasteiger partial charge in [-0.15, -0.1) is 22.1 Å². The van der Waals surface area contributed by atoms with E-state index in [1.54, 1.807) is 19.2 Å². The van der Waals surface area contributed by atoms with Crippen molar-refractivity contribution in [1.82, 2.24) is 14.3 Å². The number of nitrogens with zero attached hydrogens (tertiary/aromatic N) is 4. The summed E-state index contributed by atoms with van der Waals surface area (Å²) in [6, 6.07) is 2.44. The van der Waals surface area contributed by atoms with Crippen LogP contribution in [0.2, 0.25) is 0 Å². The van der Waals surface area contributed by atoms with Crippen LogP contribution in [-0.2, 0) is 5.54 Å². The first-order chi connectivity index (χ1) is 13.9. The zero-order chi connectivity index (χ0) is 22.3. The van der Waals surface area contributed by atoms with E-state index in [4.69, 9.17) is 5.73 Å². The van der Waals surface area contributed by atoms with Crippen molar-refractivity contribution in [1.29, 1.82) is 0 Å². The Morgan fingerprint density at radius 2 is 2.17 bits per heavy atom. The maximum Gasteiger partial charge on any atom is 0.387 e. The minimum Gasteiger partial charge on any atom is -0.433 e. The van der Waals surface area contributed by atoms with E-state index in [9.17, 15) is 22.7 Å². The van der Waals surface area contributed by atoms with Gasteiger partial charge in [-0.25, -0.2) is 19.3 Å². The van der Waals surface area contributed by atoms with Crippen LogP contribution < -0.4 is 15.8 Å². The standard InChI is InChI=1S/C16H20F2N6O4S2/c1-8-16(2,23-15(19)24(3)30(8,26)27)13-22-11(7-29-13)21-12(25)10-5-4-9(6-20-10)28-14(17)18/h4-8,14,26-27H,1-3H3,(H2,19,23)(H,21,25)/t8-,16+/m0/s1. The van der Waals surface area contributed by atoms with Gasteiger partial charge in [0, 0.05) is 12.4 Å². The van der Waals surface area contributed by atoms with Crippen molar-refractivity contribution >= 4 is 39.8 Å². The van der Waals surface area contributed by atoms with Crippen molar-refractivity contribution in [3.63, 3.8) is 0 Å². The van der Waals surface area contributed by atoms with Crippen LogP contribution in [0.25, 0.3) is 0 Å². The zero-order valence-electron chi connectivity index (χ0n) is 16.1. The Bertz CT molecular complexity index is 971. The topological polar surface area (TPSA) is 146 Å². The Morgan fingerprint density at radius 1 is 1.47 bits per heavy atom. The summed E-state index contributed by atoms with van der Waals surface area (Å²) in [5.41, 5.74) is 4.71. The molecule has 0 saturated heterocycles. The summed E-state index contributed by atoms with van der Waals surface area (Å²) in [5, 5.41) is 3.82. The van der Waals surface area contributed by atoms with Crippen LogP contribution in [0, 0.1) is 0 Å². The summed E-state index contributed by atoms with van der Waals surface area (Å²) in [5.74, 6) is -0.612. The van der Waals surface area contributed by atoms with E-state index < -0.39 is 34.1 Å². The molecule has 3 heterocycles. The normalized spacial score (nSPS) is 24.3. The summed E-state index contributed by atoms with van der Waals surface area (Å²) < 4.78 is 50.7. The molecule has 5 N–H and O–H groups in total. The van der Waals surface area contributed by atoms with Gasteiger partial charge in [-0.1, -0.05) is 0 Å². The lowest BCUT2D eigenvalue weighted by atomic mass is 10.0. The number of guanidine groups is 1. The lowest BCUT2D eigenvalue weighted by molar-refractivity contribution is -0.0500. The molecule has 10 nitrogen and oxygen atoms in total. The summed E-state index contributed by atoms with van der Waals surface area (Å²) in [6.45, 7) is 0.326. The number of halogens is 2. The molecule has 0 radical (unpaired) electrons. The summed E-state index contributed by atoms with van der Waals surface area (Å²) in [4.78, 5) is 24.9. The largest absolute Gasteiger partial charge is 0.433 e. The molecule has 1 aliphatic rings. The Kier molecular flexibility index (Phi) is 5.86. The molecule has 0 unspecified atom stereocenters. The summed E-state index contributed by atoms with van der Waals surface area (Å²) >= 11 is 1.17. The highest BCUT2D eigenvalue weighted by molar-refractivity contribution is 8.23. The number of rotatable bonds is 5. The van der Waals surface area contributed by atoms with Gasteiger partial charge < -0.3 is 15.8 Å². The van der Waals surface area contributed by atoms with Crippen LogP contribution in [0.5, 0.6) is 5.75 Å². The number of ether oxygens (including phenoxy) is 1. The van der Waals surface area contributed by atoms with Gasteiger partial charge in [-0.2, -0.15) is 8.78 Å². The van der Waals surface area contributed by atoms with Crippen molar-refractivity contribution in [2.24, 2.45) is 10.7 Å². The third-order valence-electron chi connectivity index (χ3n) is 4.71. The molecule has 14 heteroatoms. The van der Waals surface area contributed by atoms with Gasteiger partial charge in [0.2, 0.25) is 5.96 Å². The Labute approximate surface area is 176 Å². The molecule has 30 heavy (non-hydrogen) atoms. The number of pyridine rings is 1. The minimum absolute atomic E-state index is 0.0264. The highest BCUT2D eigenvalue weighted by Gasteiger charge is 2.49. The second kappa shape index (κ2) is 7.94. The quantitative estimate of drug-likeness (QED) is 0.530. The highest BCUT2D eigenvalue weighted by Crippen LogP contribution is 2.57. The van der Waals surface area contributed by atoms with Gasteiger partial charge in [0.1, 0.15) is 27.8 Å². The van der Waals surface area contributed by atoms with E-state index in [1.807, 2.05) is 0 Å². The average molecular weight is 463 g/mol. The number of anilines is 1. The molecule has 1 aliphatic heterocycles. The minimum atomic E-state index is -3.23. The number of thiazole rings is 1. The van der Waals surface area contributed by atoms with Crippen LogP contribution in [0.4, 0.5) is 14.6 Å². The Morgan fingerprint density at radius 3 is 2.77 bits per heavy atom. The number of aliphatic imine (C=N–C) groups is 1. The molecule has 0 aliphatic carbocycles. The zero-order valence-corrected chi connectivity index (χ0v) is 17.7. The van der Waals surface area contributed by atoms with Crippen molar-refractivity contribution in [3.8, 4) is 5.75 Å². The van der Waals surface area contributed by atoms with Crippen LogP contribution in [0.15, 0.2) is 28.7 Å². The SMILES string of the molecule is C[C@H]1[C@](C)(c2nc(NC(=O)c3ccc(OC(F)F)cn3)cs2)N=C(N)N(C)S1(O)O. The first-order valence-electron chi connectivity index (χ1n) is 8.49. The fraction of sp³-hybridized carbons (Fsp3) is 0.375. The number of nitrogens with one attached hydrogen (secondary N) is 1. The second-order valence-corrected chi connectivity index (χ2v) is 9.80. The number of carbonyl (C=O) groups excluding carboxylic acids is 1. The monoisotopic (exact) mass is 462 g/mol. The molecule has 2 aromatic rings. The third-order valence-corrected chi connectivity index (χ3v) is 8.18. The van der Waals surface area contributed by atoms with E-state index in [0.717, 1.165) is 10.5 Å². The fourth-order valence-electron chi connectivity index (χ4n) is 2.73. The van der Waals surface area contributed by atoms with E-state index >= 15 is 0 Å². The Hall–Kier alpha value is -2.55. The number of alkyl halides is 2.